The van der Waals surface area contributed by atoms with Gasteiger partial charge in [-0.2, -0.15) is 5.10 Å². The van der Waals surface area contributed by atoms with Gasteiger partial charge in [0.25, 0.3) is 5.91 Å². The Kier molecular flexibility index (Phi) is 6.30. The van der Waals surface area contributed by atoms with Gasteiger partial charge in [-0.05, 0) is 24.1 Å². The van der Waals surface area contributed by atoms with Gasteiger partial charge in [0.1, 0.15) is 11.3 Å². The number of aryl methyl sites for hydroxylation is 1. The summed E-state index contributed by atoms with van der Waals surface area (Å²) in [5.41, 5.74) is 3.54. The van der Waals surface area contributed by atoms with Gasteiger partial charge in [-0.3, -0.25) is 14.4 Å². The topological polar surface area (TPSA) is 68.6 Å². The number of rotatable bonds is 7. The molecular weight excluding hydrogens is 380 g/mol. The van der Waals surface area contributed by atoms with Gasteiger partial charge in [0.05, 0.1) is 26.9 Å². The summed E-state index contributed by atoms with van der Waals surface area (Å²) in [6, 6.07) is 13.8. The van der Waals surface area contributed by atoms with Crippen LogP contribution < -0.4 is 10.1 Å². The number of nitrogens with one attached hydrogen (secondary N) is 1. The van der Waals surface area contributed by atoms with E-state index in [-0.39, 0.29) is 5.91 Å². The minimum atomic E-state index is -0.179. The number of carbonyl (C=O) groups excluding carboxylic acids is 1. The number of morpholine rings is 1. The predicted octanol–water partition coefficient (Wildman–Crippen LogP) is 2.62. The first kappa shape index (κ1) is 20.4. The van der Waals surface area contributed by atoms with Crippen molar-refractivity contribution in [3.63, 3.8) is 0 Å². The first-order valence-electron chi connectivity index (χ1n) is 10.3. The Morgan fingerprint density at radius 2 is 1.93 bits per heavy atom. The molecule has 7 nitrogen and oxygen atoms in total. The number of nitrogens with zero attached hydrogens (tertiary/aromatic N) is 3. The fraction of sp³-hybridized carbons (Fsp3) is 0.391. The molecule has 2 aromatic carbocycles. The van der Waals surface area contributed by atoms with Gasteiger partial charge in [-0.15, -0.1) is 0 Å². The van der Waals surface area contributed by atoms with E-state index < -0.39 is 0 Å². The summed E-state index contributed by atoms with van der Waals surface area (Å²) in [6.45, 7) is 7.40. The van der Waals surface area contributed by atoms with Gasteiger partial charge >= 0.3 is 0 Å². The Balaban J connectivity index is 1.57. The highest BCUT2D eigenvalue weighted by Gasteiger charge is 2.20. The molecule has 30 heavy (non-hydrogen) atoms. The maximum absolute atomic E-state index is 13.0. The summed E-state index contributed by atoms with van der Waals surface area (Å²) in [5, 5.41) is 8.51. The van der Waals surface area contributed by atoms with Crippen molar-refractivity contribution in [2.45, 2.75) is 20.0 Å². The van der Waals surface area contributed by atoms with Crippen molar-refractivity contribution < 1.29 is 14.3 Å². The third-order valence-corrected chi connectivity index (χ3v) is 5.60. The summed E-state index contributed by atoms with van der Waals surface area (Å²) in [7, 11) is 1.64. The van der Waals surface area contributed by atoms with Crippen LogP contribution in [0.15, 0.2) is 42.5 Å². The van der Waals surface area contributed by atoms with Gasteiger partial charge in [-0.1, -0.05) is 36.4 Å². The van der Waals surface area contributed by atoms with Crippen LogP contribution in [0.2, 0.25) is 0 Å². The van der Waals surface area contributed by atoms with Gasteiger partial charge in [0, 0.05) is 31.6 Å². The molecule has 0 unspecified atom stereocenters. The molecule has 0 atom stereocenters. The van der Waals surface area contributed by atoms with Crippen LogP contribution in [0.1, 0.15) is 21.6 Å². The van der Waals surface area contributed by atoms with Crippen LogP contribution in [0.5, 0.6) is 5.75 Å². The van der Waals surface area contributed by atoms with Crippen molar-refractivity contribution in [2.75, 3.05) is 40.0 Å². The predicted molar refractivity (Wildman–Crippen MR) is 116 cm³/mol. The zero-order valence-corrected chi connectivity index (χ0v) is 17.6. The Bertz CT molecular complexity index is 1020. The van der Waals surface area contributed by atoms with Crippen LogP contribution in [0, 0.1) is 6.92 Å². The van der Waals surface area contributed by atoms with E-state index in [0.717, 1.165) is 60.6 Å². The number of para-hydroxylation sites is 1. The number of ether oxygens (including phenoxy) is 2. The summed E-state index contributed by atoms with van der Waals surface area (Å²) in [6.07, 6.45) is 0. The fourth-order valence-corrected chi connectivity index (χ4v) is 3.83. The molecule has 0 saturated carbocycles. The summed E-state index contributed by atoms with van der Waals surface area (Å²) < 4.78 is 12.9. The van der Waals surface area contributed by atoms with Crippen LogP contribution in [0.4, 0.5) is 0 Å². The molecule has 1 saturated heterocycles. The number of hydrogen-bond acceptors (Lipinski definition) is 5. The van der Waals surface area contributed by atoms with Crippen molar-refractivity contribution in [3.8, 4) is 5.75 Å². The van der Waals surface area contributed by atoms with E-state index in [4.69, 9.17) is 9.47 Å². The molecule has 158 valence electrons. The second-order valence-corrected chi connectivity index (χ2v) is 7.49. The number of amides is 1. The number of methoxy groups -OCH3 is 1. The van der Waals surface area contributed by atoms with E-state index >= 15 is 0 Å². The van der Waals surface area contributed by atoms with E-state index in [1.165, 1.54) is 0 Å². The number of hydrogen-bond donors (Lipinski definition) is 1. The van der Waals surface area contributed by atoms with Crippen molar-refractivity contribution in [1.82, 2.24) is 20.0 Å². The zero-order chi connectivity index (χ0) is 20.9. The van der Waals surface area contributed by atoms with Crippen LogP contribution in [0.3, 0.4) is 0 Å². The molecule has 2 heterocycles. The normalized spacial score (nSPS) is 14.7. The minimum Gasteiger partial charge on any atom is -0.494 e. The Morgan fingerprint density at radius 1 is 1.13 bits per heavy atom. The van der Waals surface area contributed by atoms with Crippen LogP contribution >= 0.6 is 0 Å². The largest absolute Gasteiger partial charge is 0.494 e. The number of fused-ring (bicyclic) bond motifs is 1. The molecule has 1 fully saturated rings. The second-order valence-electron chi connectivity index (χ2n) is 7.49. The Morgan fingerprint density at radius 3 is 2.70 bits per heavy atom. The molecule has 1 aliphatic rings. The Labute approximate surface area is 176 Å². The van der Waals surface area contributed by atoms with Gasteiger partial charge < -0.3 is 14.8 Å². The molecule has 0 bridgehead atoms. The van der Waals surface area contributed by atoms with E-state index in [9.17, 15) is 4.79 Å². The number of carbonyl (C=O) groups is 1. The van der Waals surface area contributed by atoms with E-state index in [0.29, 0.717) is 18.8 Å². The quantitative estimate of drug-likeness (QED) is 0.651. The highest BCUT2D eigenvalue weighted by Crippen LogP contribution is 2.28. The van der Waals surface area contributed by atoms with Crippen molar-refractivity contribution in [2.24, 2.45) is 0 Å². The van der Waals surface area contributed by atoms with Crippen molar-refractivity contribution in [1.29, 1.82) is 0 Å². The number of benzene rings is 2. The standard InChI is InChI=1S/C23H28N4O3/c1-17-6-3-4-7-18(17)16-24-23(28)21-19-8-5-9-20(29-2)22(19)27(25-21)11-10-26-12-14-30-15-13-26/h3-9H,10-16H2,1-2H3,(H,24,28). The minimum absolute atomic E-state index is 0.179. The summed E-state index contributed by atoms with van der Waals surface area (Å²) >= 11 is 0. The third kappa shape index (κ3) is 4.32. The molecule has 1 aromatic heterocycles. The molecule has 0 radical (unpaired) electrons. The summed E-state index contributed by atoms with van der Waals surface area (Å²) in [4.78, 5) is 15.4. The zero-order valence-electron chi connectivity index (χ0n) is 17.6. The molecule has 1 amide bonds. The van der Waals surface area contributed by atoms with Crippen LogP contribution in [-0.4, -0.2) is 60.5 Å². The average molecular weight is 409 g/mol. The van der Waals surface area contributed by atoms with Gasteiger partial charge in [0.2, 0.25) is 0 Å². The summed E-state index contributed by atoms with van der Waals surface area (Å²) in [5.74, 6) is 0.543. The lowest BCUT2D eigenvalue weighted by atomic mass is 10.1. The maximum atomic E-state index is 13.0. The van der Waals surface area contributed by atoms with Crippen molar-refractivity contribution >= 4 is 16.8 Å². The lowest BCUT2D eigenvalue weighted by Gasteiger charge is -2.26. The van der Waals surface area contributed by atoms with Crippen molar-refractivity contribution in [3.05, 3.63) is 59.3 Å². The maximum Gasteiger partial charge on any atom is 0.272 e. The smallest absolute Gasteiger partial charge is 0.272 e. The number of aromatic nitrogens is 2. The highest BCUT2D eigenvalue weighted by molar-refractivity contribution is 6.06. The lowest BCUT2D eigenvalue weighted by molar-refractivity contribution is 0.0361. The Hall–Kier alpha value is -2.90. The van der Waals surface area contributed by atoms with Crippen LogP contribution in [-0.2, 0) is 17.8 Å². The molecule has 1 aliphatic heterocycles. The lowest BCUT2D eigenvalue weighted by Crippen LogP contribution is -2.38. The molecule has 1 N–H and O–H groups in total. The molecule has 7 heteroatoms. The first-order chi connectivity index (χ1) is 14.7. The molecule has 0 aliphatic carbocycles. The van der Waals surface area contributed by atoms with E-state index in [1.807, 2.05) is 54.1 Å². The monoisotopic (exact) mass is 408 g/mol. The highest BCUT2D eigenvalue weighted by atomic mass is 16.5. The fourth-order valence-electron chi connectivity index (χ4n) is 3.83. The van der Waals surface area contributed by atoms with Gasteiger partial charge in [0.15, 0.2) is 5.69 Å². The molecule has 4 rings (SSSR count). The van der Waals surface area contributed by atoms with E-state index in [1.54, 1.807) is 7.11 Å². The second kappa shape index (κ2) is 9.28. The third-order valence-electron chi connectivity index (χ3n) is 5.60. The average Bonchev–Trinajstić information content (AvgIpc) is 3.16. The van der Waals surface area contributed by atoms with Crippen LogP contribution in [0.25, 0.3) is 10.9 Å². The molecular formula is C23H28N4O3. The van der Waals surface area contributed by atoms with E-state index in [2.05, 4.69) is 15.3 Å². The first-order valence-corrected chi connectivity index (χ1v) is 10.3. The molecule has 3 aromatic rings. The van der Waals surface area contributed by atoms with Gasteiger partial charge in [-0.25, -0.2) is 0 Å². The SMILES string of the molecule is COc1cccc2c(C(=O)NCc3ccccc3C)nn(CCN3CCOCC3)c12. The molecule has 0 spiro atoms.